The van der Waals surface area contributed by atoms with E-state index in [1.165, 1.54) is 37.9 Å². The Morgan fingerprint density at radius 1 is 1.16 bits per heavy atom. The minimum Gasteiger partial charge on any atom is -0.334 e. The van der Waals surface area contributed by atoms with Gasteiger partial charge in [-0.2, -0.15) is 5.26 Å². The van der Waals surface area contributed by atoms with Crippen LogP contribution in [0.2, 0.25) is 0 Å². The van der Waals surface area contributed by atoms with E-state index in [4.69, 9.17) is 4.98 Å². The molecule has 1 aromatic carbocycles. The molecule has 0 unspecified atom stereocenters. The second-order valence-corrected chi connectivity index (χ2v) is 7.58. The summed E-state index contributed by atoms with van der Waals surface area (Å²) in [6.45, 7) is 4.16. The fraction of sp³-hybridized carbons (Fsp3) is 0.524. The van der Waals surface area contributed by atoms with Crippen LogP contribution in [0.3, 0.4) is 0 Å². The highest BCUT2D eigenvalue weighted by Gasteiger charge is 2.26. The Balaban J connectivity index is 1.44. The van der Waals surface area contributed by atoms with E-state index in [1.54, 1.807) is 0 Å². The summed E-state index contributed by atoms with van der Waals surface area (Å²) in [5.41, 5.74) is 1.94. The molecule has 0 spiro atoms. The van der Waals surface area contributed by atoms with Crippen LogP contribution in [0.15, 0.2) is 36.7 Å². The molecule has 1 saturated carbocycles. The number of likely N-dealkylation sites (tertiary alicyclic amines) is 1. The van der Waals surface area contributed by atoms with Crippen LogP contribution in [0, 0.1) is 17.2 Å². The highest BCUT2D eigenvalue weighted by molar-refractivity contribution is 5.37. The van der Waals surface area contributed by atoms with Gasteiger partial charge in [0.15, 0.2) is 0 Å². The summed E-state index contributed by atoms with van der Waals surface area (Å²) >= 11 is 0. The van der Waals surface area contributed by atoms with Crippen molar-refractivity contribution in [1.82, 2.24) is 14.5 Å². The predicted octanol–water partition coefficient (Wildman–Crippen LogP) is 3.93. The molecule has 2 aromatic rings. The van der Waals surface area contributed by atoms with Crippen molar-refractivity contribution < 1.29 is 0 Å². The van der Waals surface area contributed by atoms with Gasteiger partial charge in [-0.1, -0.05) is 24.6 Å². The largest absolute Gasteiger partial charge is 0.334 e. The monoisotopic (exact) mass is 334 g/mol. The van der Waals surface area contributed by atoms with Gasteiger partial charge in [-0.15, -0.1) is 0 Å². The SMILES string of the molecule is N#Cc1ccccc1CN1CCC[C@H](c2nccn2CC2CCC2)C1. The molecule has 0 amide bonds. The summed E-state index contributed by atoms with van der Waals surface area (Å²) in [4.78, 5) is 7.20. The van der Waals surface area contributed by atoms with Gasteiger partial charge in [0.05, 0.1) is 11.6 Å². The number of piperidine rings is 1. The maximum Gasteiger partial charge on any atom is 0.113 e. The molecule has 25 heavy (non-hydrogen) atoms. The first-order valence-corrected chi connectivity index (χ1v) is 9.55. The zero-order valence-electron chi connectivity index (χ0n) is 14.8. The number of imidazole rings is 1. The molecule has 2 fully saturated rings. The Kier molecular flexibility index (Phi) is 4.85. The molecule has 0 N–H and O–H groups in total. The van der Waals surface area contributed by atoms with Crippen LogP contribution in [-0.2, 0) is 13.1 Å². The van der Waals surface area contributed by atoms with Gasteiger partial charge in [0, 0.05) is 37.9 Å². The van der Waals surface area contributed by atoms with E-state index in [0.717, 1.165) is 43.2 Å². The van der Waals surface area contributed by atoms with Crippen LogP contribution in [0.4, 0.5) is 0 Å². The number of nitrogens with zero attached hydrogens (tertiary/aromatic N) is 4. The lowest BCUT2D eigenvalue weighted by Crippen LogP contribution is -2.35. The summed E-state index contributed by atoms with van der Waals surface area (Å²) in [6, 6.07) is 10.3. The molecule has 0 radical (unpaired) electrons. The van der Waals surface area contributed by atoms with Crippen molar-refractivity contribution >= 4 is 0 Å². The normalized spacial score (nSPS) is 21.6. The van der Waals surface area contributed by atoms with Crippen molar-refractivity contribution in [3.63, 3.8) is 0 Å². The Morgan fingerprint density at radius 3 is 2.84 bits per heavy atom. The minimum atomic E-state index is 0.512. The molecule has 2 aliphatic rings. The number of hydrogen-bond acceptors (Lipinski definition) is 3. The van der Waals surface area contributed by atoms with Gasteiger partial charge in [-0.25, -0.2) is 4.98 Å². The summed E-state index contributed by atoms with van der Waals surface area (Å²) in [5, 5.41) is 9.32. The van der Waals surface area contributed by atoms with Crippen LogP contribution < -0.4 is 0 Å². The van der Waals surface area contributed by atoms with Crippen molar-refractivity contribution in [2.45, 2.75) is 51.1 Å². The summed E-state index contributed by atoms with van der Waals surface area (Å²) in [7, 11) is 0. The maximum absolute atomic E-state index is 9.32. The molecule has 1 saturated heterocycles. The second-order valence-electron chi connectivity index (χ2n) is 7.58. The molecule has 4 nitrogen and oxygen atoms in total. The first-order chi connectivity index (χ1) is 12.3. The lowest BCUT2D eigenvalue weighted by molar-refractivity contribution is 0.191. The number of nitriles is 1. The number of rotatable bonds is 5. The third-order valence-corrected chi connectivity index (χ3v) is 5.83. The van der Waals surface area contributed by atoms with Crippen LogP contribution in [0.1, 0.15) is 55.0 Å². The minimum absolute atomic E-state index is 0.512. The molecule has 2 heterocycles. The molecular formula is C21H26N4. The van der Waals surface area contributed by atoms with Crippen molar-refractivity contribution in [2.24, 2.45) is 5.92 Å². The zero-order valence-corrected chi connectivity index (χ0v) is 14.8. The average Bonchev–Trinajstić information content (AvgIpc) is 3.07. The van der Waals surface area contributed by atoms with E-state index >= 15 is 0 Å². The third-order valence-electron chi connectivity index (χ3n) is 5.83. The van der Waals surface area contributed by atoms with E-state index < -0.39 is 0 Å². The number of hydrogen-bond donors (Lipinski definition) is 0. The van der Waals surface area contributed by atoms with Crippen molar-refractivity contribution in [2.75, 3.05) is 13.1 Å². The van der Waals surface area contributed by atoms with Crippen molar-refractivity contribution in [3.8, 4) is 6.07 Å². The van der Waals surface area contributed by atoms with E-state index in [-0.39, 0.29) is 0 Å². The Hall–Kier alpha value is -2.12. The summed E-state index contributed by atoms with van der Waals surface area (Å²) in [5.74, 6) is 2.64. The molecule has 130 valence electrons. The number of aromatic nitrogens is 2. The van der Waals surface area contributed by atoms with Crippen LogP contribution >= 0.6 is 0 Å². The average molecular weight is 334 g/mol. The fourth-order valence-corrected chi connectivity index (χ4v) is 4.21. The smallest absolute Gasteiger partial charge is 0.113 e. The fourth-order valence-electron chi connectivity index (χ4n) is 4.21. The van der Waals surface area contributed by atoms with Crippen LogP contribution in [-0.4, -0.2) is 27.5 Å². The lowest BCUT2D eigenvalue weighted by atomic mass is 9.85. The van der Waals surface area contributed by atoms with Gasteiger partial charge < -0.3 is 4.57 Å². The Labute approximate surface area is 150 Å². The third kappa shape index (κ3) is 3.62. The van der Waals surface area contributed by atoms with Crippen LogP contribution in [0.5, 0.6) is 0 Å². The maximum atomic E-state index is 9.32. The molecule has 1 aromatic heterocycles. The van der Waals surface area contributed by atoms with Gasteiger partial charge >= 0.3 is 0 Å². The Bertz CT molecular complexity index is 753. The summed E-state index contributed by atoms with van der Waals surface area (Å²) in [6.07, 6.45) is 10.7. The molecular weight excluding hydrogens is 308 g/mol. The van der Waals surface area contributed by atoms with Crippen molar-refractivity contribution in [3.05, 3.63) is 53.6 Å². The molecule has 4 heteroatoms. The highest BCUT2D eigenvalue weighted by Crippen LogP contribution is 2.31. The van der Waals surface area contributed by atoms with Gasteiger partial charge in [0.2, 0.25) is 0 Å². The molecule has 1 aliphatic carbocycles. The van der Waals surface area contributed by atoms with E-state index in [9.17, 15) is 5.26 Å². The highest BCUT2D eigenvalue weighted by atomic mass is 15.1. The predicted molar refractivity (Wildman–Crippen MR) is 98.0 cm³/mol. The topological polar surface area (TPSA) is 44.9 Å². The lowest BCUT2D eigenvalue weighted by Gasteiger charge is -2.33. The van der Waals surface area contributed by atoms with Crippen molar-refractivity contribution in [1.29, 1.82) is 5.26 Å². The molecule has 4 rings (SSSR count). The van der Waals surface area contributed by atoms with Crippen LogP contribution in [0.25, 0.3) is 0 Å². The van der Waals surface area contributed by atoms with E-state index in [2.05, 4.69) is 27.8 Å². The number of benzene rings is 1. The molecule has 1 aliphatic heterocycles. The van der Waals surface area contributed by atoms with Gasteiger partial charge in [-0.3, -0.25) is 4.90 Å². The quantitative estimate of drug-likeness (QED) is 0.832. The zero-order chi connectivity index (χ0) is 17.1. The van der Waals surface area contributed by atoms with E-state index in [0.29, 0.717) is 5.92 Å². The van der Waals surface area contributed by atoms with Gasteiger partial charge in [0.1, 0.15) is 5.82 Å². The molecule has 0 bridgehead atoms. The van der Waals surface area contributed by atoms with Gasteiger partial charge in [-0.05, 0) is 49.8 Å². The second kappa shape index (κ2) is 7.41. The Morgan fingerprint density at radius 2 is 2.04 bits per heavy atom. The molecule has 1 atom stereocenters. The summed E-state index contributed by atoms with van der Waals surface area (Å²) < 4.78 is 2.40. The first-order valence-electron chi connectivity index (χ1n) is 9.55. The first kappa shape index (κ1) is 16.4. The van der Waals surface area contributed by atoms with Gasteiger partial charge in [0.25, 0.3) is 0 Å². The van der Waals surface area contributed by atoms with E-state index in [1.807, 2.05) is 24.4 Å². The standard InChI is InChI=1S/C21H26N4/c22-13-18-7-1-2-8-19(18)15-24-11-4-9-20(16-24)21-23-10-12-25(21)14-17-5-3-6-17/h1-2,7-8,10,12,17,20H,3-6,9,11,14-16H2/t20-/m0/s1.